The van der Waals surface area contributed by atoms with Crippen LogP contribution in [0.4, 0.5) is 0 Å². The van der Waals surface area contributed by atoms with Gasteiger partial charge in [-0.1, -0.05) is 58.0 Å². The average Bonchev–Trinajstić information content (AvgIpc) is 2.74. The molecule has 1 N–H and O–H groups in total. The summed E-state index contributed by atoms with van der Waals surface area (Å²) < 4.78 is 0. The third kappa shape index (κ3) is 4.57. The molecule has 126 valence electrons. The van der Waals surface area contributed by atoms with E-state index in [0.29, 0.717) is 6.54 Å². The summed E-state index contributed by atoms with van der Waals surface area (Å²) >= 11 is 0. The first-order chi connectivity index (χ1) is 10.6. The van der Waals surface area contributed by atoms with Crippen molar-refractivity contribution in [3.8, 4) is 0 Å². The number of hydrogen-bond acceptors (Lipinski definition) is 2. The summed E-state index contributed by atoms with van der Waals surface area (Å²) in [6.07, 6.45) is 1.20. The number of amides is 1. The Bertz CT molecular complexity index is 578. The Morgan fingerprint density at radius 1 is 1.22 bits per heavy atom. The smallest absolute Gasteiger partial charge is 0.303 e. The van der Waals surface area contributed by atoms with Crippen molar-refractivity contribution >= 4 is 11.9 Å². The fourth-order valence-corrected chi connectivity index (χ4v) is 3.49. The van der Waals surface area contributed by atoms with E-state index in [2.05, 4.69) is 26.0 Å². The Balaban J connectivity index is 2.18. The van der Waals surface area contributed by atoms with E-state index in [1.54, 1.807) is 0 Å². The van der Waals surface area contributed by atoms with Crippen molar-refractivity contribution < 1.29 is 14.7 Å². The van der Waals surface area contributed by atoms with Crippen LogP contribution in [-0.2, 0) is 9.59 Å². The van der Waals surface area contributed by atoms with Crippen LogP contribution >= 0.6 is 0 Å². The lowest BCUT2D eigenvalue weighted by Gasteiger charge is -2.30. The van der Waals surface area contributed by atoms with Crippen LogP contribution in [0.5, 0.6) is 0 Å². The maximum Gasteiger partial charge on any atom is 0.303 e. The Labute approximate surface area is 138 Å². The van der Waals surface area contributed by atoms with Crippen molar-refractivity contribution in [2.75, 3.05) is 6.54 Å². The Kier molecular flexibility index (Phi) is 4.83. The summed E-state index contributed by atoms with van der Waals surface area (Å²) in [4.78, 5) is 25.8. The van der Waals surface area contributed by atoms with Crippen molar-refractivity contribution in [2.24, 2.45) is 10.8 Å². The number of carbonyl (C=O) groups is 2. The molecule has 1 aromatic rings. The second kappa shape index (κ2) is 6.34. The molecule has 0 radical (unpaired) electrons. The second-order valence-electron chi connectivity index (χ2n) is 8.23. The van der Waals surface area contributed by atoms with E-state index in [9.17, 15) is 9.59 Å². The number of aliphatic carboxylic acids is 1. The minimum Gasteiger partial charge on any atom is -0.481 e. The number of carbonyl (C=O) groups excluding carboxylic acids is 1. The van der Waals surface area contributed by atoms with Gasteiger partial charge in [0.15, 0.2) is 0 Å². The maximum absolute atomic E-state index is 12.8. The minimum absolute atomic E-state index is 0.00593. The molecular weight excluding hydrogens is 290 g/mol. The lowest BCUT2D eigenvalue weighted by atomic mass is 9.85. The van der Waals surface area contributed by atoms with Crippen LogP contribution in [0.15, 0.2) is 30.3 Å². The minimum atomic E-state index is -0.857. The fourth-order valence-electron chi connectivity index (χ4n) is 3.49. The van der Waals surface area contributed by atoms with E-state index >= 15 is 0 Å². The van der Waals surface area contributed by atoms with Gasteiger partial charge in [0.1, 0.15) is 0 Å². The first-order valence-electron chi connectivity index (χ1n) is 8.16. The van der Waals surface area contributed by atoms with Crippen molar-refractivity contribution in [1.82, 2.24) is 4.90 Å². The highest BCUT2D eigenvalue weighted by molar-refractivity contribution is 5.79. The summed E-state index contributed by atoms with van der Waals surface area (Å²) in [6, 6.07) is 10.2. The number of likely N-dealkylation sites (tertiary alicyclic amines) is 1. The molecule has 0 saturated carbocycles. The Morgan fingerprint density at radius 3 is 2.39 bits per heavy atom. The Hall–Kier alpha value is -1.84. The highest BCUT2D eigenvalue weighted by Crippen LogP contribution is 2.43. The zero-order valence-corrected chi connectivity index (χ0v) is 14.5. The zero-order chi connectivity index (χ0) is 17.3. The molecule has 1 aliphatic heterocycles. The fraction of sp³-hybridized carbons (Fsp3) is 0.579. The summed E-state index contributed by atoms with van der Waals surface area (Å²) in [5.74, 6) is -0.806. The van der Waals surface area contributed by atoms with E-state index < -0.39 is 11.4 Å². The molecule has 0 aliphatic carbocycles. The lowest BCUT2D eigenvalue weighted by Crippen LogP contribution is -2.35. The number of nitrogens with zero attached hydrogens (tertiary/aromatic N) is 1. The monoisotopic (exact) mass is 317 g/mol. The first-order valence-corrected chi connectivity index (χ1v) is 8.16. The molecule has 1 unspecified atom stereocenters. The molecule has 1 saturated heterocycles. The van der Waals surface area contributed by atoms with Crippen molar-refractivity contribution in [2.45, 2.75) is 53.0 Å². The van der Waals surface area contributed by atoms with Gasteiger partial charge >= 0.3 is 5.97 Å². The molecule has 2 rings (SSSR count). The van der Waals surface area contributed by atoms with Crippen LogP contribution in [0, 0.1) is 10.8 Å². The average molecular weight is 317 g/mol. The van der Waals surface area contributed by atoms with E-state index in [1.807, 2.05) is 36.9 Å². The third-order valence-corrected chi connectivity index (χ3v) is 4.48. The first kappa shape index (κ1) is 17.5. The topological polar surface area (TPSA) is 57.6 Å². The second-order valence-corrected chi connectivity index (χ2v) is 8.23. The lowest BCUT2D eigenvalue weighted by molar-refractivity contribution is -0.141. The molecule has 0 spiro atoms. The van der Waals surface area contributed by atoms with Gasteiger partial charge in [0.25, 0.3) is 0 Å². The number of rotatable bonds is 5. The van der Waals surface area contributed by atoms with Crippen LogP contribution in [0.1, 0.15) is 58.6 Å². The van der Waals surface area contributed by atoms with Crippen molar-refractivity contribution in [3.05, 3.63) is 35.9 Å². The van der Waals surface area contributed by atoms with Crippen LogP contribution in [0.2, 0.25) is 0 Å². The van der Waals surface area contributed by atoms with Crippen LogP contribution in [0.25, 0.3) is 0 Å². The molecule has 0 aromatic heterocycles. The van der Waals surface area contributed by atoms with Gasteiger partial charge in [-0.25, -0.2) is 0 Å². The molecule has 0 bridgehead atoms. The van der Waals surface area contributed by atoms with Crippen LogP contribution in [-0.4, -0.2) is 28.4 Å². The van der Waals surface area contributed by atoms with E-state index in [-0.39, 0.29) is 30.2 Å². The number of carboxylic acid groups (broad SMARTS) is 1. The highest BCUT2D eigenvalue weighted by Gasteiger charge is 2.41. The predicted molar refractivity (Wildman–Crippen MR) is 89.9 cm³/mol. The van der Waals surface area contributed by atoms with Gasteiger partial charge in [0.05, 0.1) is 12.5 Å². The van der Waals surface area contributed by atoms with E-state index in [0.717, 1.165) is 12.0 Å². The summed E-state index contributed by atoms with van der Waals surface area (Å²) in [7, 11) is 0. The summed E-state index contributed by atoms with van der Waals surface area (Å²) in [5, 5.41) is 9.02. The standard InChI is InChI=1S/C19H27NO3/c1-18(2,12-17(22)23)11-16(21)20-13-19(3,4)10-15(20)14-8-6-5-7-9-14/h5-9,15H,10-13H2,1-4H3,(H,22,23). The molecule has 1 aromatic carbocycles. The van der Waals surface area contributed by atoms with Gasteiger partial charge < -0.3 is 10.0 Å². The number of carboxylic acids is 1. The van der Waals surface area contributed by atoms with Crippen molar-refractivity contribution in [3.63, 3.8) is 0 Å². The van der Waals surface area contributed by atoms with Crippen LogP contribution in [0.3, 0.4) is 0 Å². The molecule has 1 amide bonds. The molecule has 1 atom stereocenters. The molecule has 4 nitrogen and oxygen atoms in total. The number of benzene rings is 1. The number of hydrogen-bond donors (Lipinski definition) is 1. The van der Waals surface area contributed by atoms with Gasteiger partial charge in [0.2, 0.25) is 5.91 Å². The molecule has 1 fully saturated rings. The van der Waals surface area contributed by atoms with Crippen LogP contribution < -0.4 is 0 Å². The highest BCUT2D eigenvalue weighted by atomic mass is 16.4. The largest absolute Gasteiger partial charge is 0.481 e. The summed E-state index contributed by atoms with van der Waals surface area (Å²) in [6.45, 7) is 8.77. The predicted octanol–water partition coefficient (Wildman–Crippen LogP) is 3.88. The van der Waals surface area contributed by atoms with E-state index in [1.165, 1.54) is 0 Å². The Morgan fingerprint density at radius 2 is 1.83 bits per heavy atom. The van der Waals surface area contributed by atoms with Gasteiger partial charge in [-0.2, -0.15) is 0 Å². The molecular formula is C19H27NO3. The molecule has 23 heavy (non-hydrogen) atoms. The zero-order valence-electron chi connectivity index (χ0n) is 14.5. The normalized spacial score (nSPS) is 20.5. The van der Waals surface area contributed by atoms with Gasteiger partial charge in [0, 0.05) is 13.0 Å². The van der Waals surface area contributed by atoms with Gasteiger partial charge in [-0.05, 0) is 22.8 Å². The quantitative estimate of drug-likeness (QED) is 0.896. The molecule has 1 heterocycles. The maximum atomic E-state index is 12.8. The van der Waals surface area contributed by atoms with Gasteiger partial charge in [-0.15, -0.1) is 0 Å². The molecule has 1 aliphatic rings. The summed E-state index contributed by atoms with van der Waals surface area (Å²) in [5.41, 5.74) is 0.701. The van der Waals surface area contributed by atoms with Crippen molar-refractivity contribution in [1.29, 1.82) is 0 Å². The SMILES string of the molecule is CC(C)(CC(=O)O)CC(=O)N1CC(C)(C)CC1c1ccccc1. The van der Waals surface area contributed by atoms with E-state index in [4.69, 9.17) is 5.11 Å². The third-order valence-electron chi connectivity index (χ3n) is 4.48. The van der Waals surface area contributed by atoms with Gasteiger partial charge in [-0.3, -0.25) is 9.59 Å². The molecule has 4 heteroatoms.